The van der Waals surface area contributed by atoms with Crippen LogP contribution in [0.1, 0.15) is 26.2 Å². The largest absolute Gasteiger partial charge is 0.473 e. The van der Waals surface area contributed by atoms with Gasteiger partial charge >= 0.3 is 8.69 Å². The molecule has 1 aliphatic heterocycles. The highest BCUT2D eigenvalue weighted by molar-refractivity contribution is 7.17. The second kappa shape index (κ2) is 17.3. The van der Waals surface area contributed by atoms with Gasteiger partial charge in [-0.2, -0.15) is 0 Å². The van der Waals surface area contributed by atoms with Crippen LogP contribution in [-0.2, 0) is 9.09 Å². The van der Waals surface area contributed by atoms with Crippen molar-refractivity contribution in [2.45, 2.75) is 26.2 Å². The third kappa shape index (κ3) is 17.3. The van der Waals surface area contributed by atoms with Crippen LogP contribution in [0.5, 0.6) is 0 Å². The van der Waals surface area contributed by atoms with E-state index in [0.717, 1.165) is 39.0 Å². The first-order valence-corrected chi connectivity index (χ1v) is 7.48. The highest BCUT2D eigenvalue weighted by atomic mass is 31.1. The summed E-state index contributed by atoms with van der Waals surface area (Å²) < 4.78 is 18.8. The molecule has 2 N–H and O–H groups in total. The fourth-order valence-electron chi connectivity index (χ4n) is 1.28. The fourth-order valence-corrected chi connectivity index (χ4v) is 1.49. The Morgan fingerprint density at radius 2 is 1.68 bits per heavy atom. The van der Waals surface area contributed by atoms with Crippen LogP contribution in [0.3, 0.4) is 0 Å². The molecule has 6 heteroatoms. The fraction of sp³-hybridized carbons (Fsp3) is 0.692. The second-order valence-corrected chi connectivity index (χ2v) is 4.32. The van der Waals surface area contributed by atoms with E-state index in [1.165, 1.54) is 6.42 Å². The smallest absolute Gasteiger partial charge is 0.327 e. The Morgan fingerprint density at radius 3 is 2.00 bits per heavy atom. The summed E-state index contributed by atoms with van der Waals surface area (Å²) in [6.07, 6.45) is 6.61. The Bertz CT molecular complexity index is 226. The zero-order valence-electron chi connectivity index (χ0n) is 11.6. The number of furan rings is 1. The van der Waals surface area contributed by atoms with Crippen molar-refractivity contribution in [3.8, 4) is 0 Å². The lowest BCUT2D eigenvalue weighted by Gasteiger charge is -2.11. The summed E-state index contributed by atoms with van der Waals surface area (Å²) in [4.78, 5) is 0. The highest BCUT2D eigenvalue weighted by Gasteiger charge is 1.91. The number of unbranched alkanes of at least 4 members (excludes halogenated alkanes) is 2. The molecule has 0 aromatic carbocycles. The Kier molecular flexibility index (Phi) is 16.6. The van der Waals surface area contributed by atoms with Gasteiger partial charge in [0.2, 0.25) is 0 Å². The van der Waals surface area contributed by atoms with E-state index in [9.17, 15) is 4.57 Å². The summed E-state index contributed by atoms with van der Waals surface area (Å²) in [7, 11) is -0.189. The number of hydrogen-bond donors (Lipinski definition) is 2. The van der Waals surface area contributed by atoms with E-state index in [1.807, 2.05) is 12.1 Å². The first-order valence-electron chi connectivity index (χ1n) is 6.75. The molecule has 1 aromatic rings. The van der Waals surface area contributed by atoms with Gasteiger partial charge in [-0.1, -0.05) is 19.8 Å². The lowest BCUT2D eigenvalue weighted by atomic mass is 10.3. The molecule has 0 aliphatic carbocycles. The summed E-state index contributed by atoms with van der Waals surface area (Å²) in [5.74, 6) is 0. The molecule has 19 heavy (non-hydrogen) atoms. The van der Waals surface area contributed by atoms with Crippen molar-refractivity contribution in [2.75, 3.05) is 32.8 Å². The van der Waals surface area contributed by atoms with Crippen molar-refractivity contribution in [1.82, 2.24) is 10.6 Å². The molecule has 110 valence electrons. The second-order valence-electron chi connectivity index (χ2n) is 3.91. The SMILES string of the molecule is C1CNCCN1.CCCCCOP=O.c1ccoc1. The van der Waals surface area contributed by atoms with E-state index in [-0.39, 0.29) is 8.69 Å². The summed E-state index contributed by atoms with van der Waals surface area (Å²) in [5.41, 5.74) is 0. The number of piperazine rings is 1. The van der Waals surface area contributed by atoms with Crippen LogP contribution in [0.15, 0.2) is 29.1 Å². The van der Waals surface area contributed by atoms with Crippen LogP contribution in [0.4, 0.5) is 0 Å². The standard InChI is InChI=1S/C5H11O2P.C4H10N2.C4H4O/c1-2-3-4-5-7-8-6;1-2-6-4-3-5-1;1-2-4-5-3-1/h2-5H2,1H3;5-6H,1-4H2;1-4H. The average molecular weight is 288 g/mol. The van der Waals surface area contributed by atoms with Gasteiger partial charge in [-0.3, -0.25) is 4.52 Å². The minimum atomic E-state index is -0.189. The van der Waals surface area contributed by atoms with Gasteiger partial charge in [-0.05, 0) is 18.6 Å². The van der Waals surface area contributed by atoms with Crippen LogP contribution in [0.2, 0.25) is 0 Å². The minimum Gasteiger partial charge on any atom is -0.473 e. The molecular weight excluding hydrogens is 263 g/mol. The van der Waals surface area contributed by atoms with E-state index >= 15 is 0 Å². The quantitative estimate of drug-likeness (QED) is 0.644. The normalized spacial score (nSPS) is 13.9. The van der Waals surface area contributed by atoms with Crippen LogP contribution in [0.25, 0.3) is 0 Å². The van der Waals surface area contributed by atoms with Gasteiger partial charge in [0, 0.05) is 26.2 Å². The molecule has 2 rings (SSSR count). The number of rotatable bonds is 5. The molecule has 0 unspecified atom stereocenters. The van der Waals surface area contributed by atoms with Crippen molar-refractivity contribution in [1.29, 1.82) is 0 Å². The van der Waals surface area contributed by atoms with Crippen LogP contribution >= 0.6 is 8.69 Å². The van der Waals surface area contributed by atoms with E-state index in [4.69, 9.17) is 0 Å². The highest BCUT2D eigenvalue weighted by Crippen LogP contribution is 1.99. The maximum Gasteiger partial charge on any atom is 0.327 e. The average Bonchev–Trinajstić information content (AvgIpc) is 3.06. The van der Waals surface area contributed by atoms with Crippen LogP contribution < -0.4 is 10.6 Å². The molecule has 0 radical (unpaired) electrons. The van der Waals surface area contributed by atoms with Crippen LogP contribution in [-0.4, -0.2) is 32.8 Å². The molecule has 1 saturated heterocycles. The maximum absolute atomic E-state index is 9.64. The molecular formula is C13H25N2O3P. The Balaban J connectivity index is 0.000000262. The molecule has 1 fully saturated rings. The summed E-state index contributed by atoms with van der Waals surface area (Å²) in [6, 6.07) is 3.67. The maximum atomic E-state index is 9.64. The first kappa shape index (κ1) is 18.3. The topological polar surface area (TPSA) is 63.5 Å². The third-order valence-electron chi connectivity index (χ3n) is 2.27. The van der Waals surface area contributed by atoms with E-state index in [1.54, 1.807) is 12.5 Å². The number of hydrogen-bond acceptors (Lipinski definition) is 5. The Labute approximate surface area is 117 Å². The van der Waals surface area contributed by atoms with Gasteiger partial charge in [0.25, 0.3) is 0 Å². The summed E-state index contributed by atoms with van der Waals surface area (Å²) in [5, 5.41) is 6.44. The molecule has 1 aromatic heterocycles. The van der Waals surface area contributed by atoms with Crippen molar-refractivity contribution >= 4 is 8.69 Å². The Morgan fingerprint density at radius 1 is 1.11 bits per heavy atom. The zero-order chi connectivity index (χ0) is 14.0. The molecule has 0 saturated carbocycles. The zero-order valence-corrected chi connectivity index (χ0v) is 12.5. The van der Waals surface area contributed by atoms with Crippen LogP contribution in [0, 0.1) is 0 Å². The predicted octanol–water partition coefficient (Wildman–Crippen LogP) is 2.86. The molecule has 0 bridgehead atoms. The van der Waals surface area contributed by atoms with Gasteiger partial charge < -0.3 is 15.1 Å². The van der Waals surface area contributed by atoms with Gasteiger partial charge in [-0.25, -0.2) is 4.57 Å². The predicted molar refractivity (Wildman–Crippen MR) is 77.5 cm³/mol. The molecule has 2 heterocycles. The first-order chi connectivity index (χ1) is 9.41. The van der Waals surface area contributed by atoms with Crippen molar-refractivity contribution in [2.24, 2.45) is 0 Å². The molecule has 1 aliphatic rings. The van der Waals surface area contributed by atoms with Crippen molar-refractivity contribution in [3.63, 3.8) is 0 Å². The third-order valence-corrected chi connectivity index (χ3v) is 2.56. The van der Waals surface area contributed by atoms with Gasteiger partial charge in [0.15, 0.2) is 0 Å². The minimum absolute atomic E-state index is 0.189. The van der Waals surface area contributed by atoms with E-state index < -0.39 is 0 Å². The van der Waals surface area contributed by atoms with Crippen molar-refractivity contribution in [3.05, 3.63) is 24.7 Å². The van der Waals surface area contributed by atoms with Gasteiger partial charge in [0.1, 0.15) is 0 Å². The molecule has 0 atom stereocenters. The summed E-state index contributed by atoms with van der Waals surface area (Å²) in [6.45, 7) is 7.30. The monoisotopic (exact) mass is 288 g/mol. The lowest BCUT2D eigenvalue weighted by molar-refractivity contribution is 0.330. The van der Waals surface area contributed by atoms with Gasteiger partial charge in [-0.15, -0.1) is 0 Å². The molecule has 5 nitrogen and oxygen atoms in total. The lowest BCUT2D eigenvalue weighted by Crippen LogP contribution is -2.39. The van der Waals surface area contributed by atoms with E-state index in [2.05, 4.69) is 26.5 Å². The van der Waals surface area contributed by atoms with E-state index in [0.29, 0.717) is 6.61 Å². The van der Waals surface area contributed by atoms with Gasteiger partial charge in [0.05, 0.1) is 19.1 Å². The molecule has 0 amide bonds. The number of nitrogens with one attached hydrogen (secondary N) is 2. The molecule has 0 spiro atoms. The summed E-state index contributed by atoms with van der Waals surface area (Å²) >= 11 is 0. The van der Waals surface area contributed by atoms with Crippen molar-refractivity contribution < 1.29 is 13.5 Å². The Hall–Kier alpha value is -0.740.